The zero-order valence-corrected chi connectivity index (χ0v) is 10.1. The highest BCUT2D eigenvalue weighted by Crippen LogP contribution is 2.09. The molecule has 0 aliphatic rings. The average Bonchev–Trinajstić information content (AvgIpc) is 2.22. The molecule has 0 aromatic heterocycles. The molecule has 0 spiro atoms. The summed E-state index contributed by atoms with van der Waals surface area (Å²) < 4.78 is 10.0. The number of ketones is 1. The maximum Gasteiger partial charge on any atom is 0.188 e. The molecule has 88 valence electrons. The Kier molecular flexibility index (Phi) is 5.15. The first kappa shape index (κ1) is 12.9. The van der Waals surface area contributed by atoms with Gasteiger partial charge in [0.05, 0.1) is 13.2 Å². The molecular formula is C13H18O3. The minimum atomic E-state index is 0.0166. The van der Waals surface area contributed by atoms with Gasteiger partial charge in [-0.3, -0.25) is 4.79 Å². The highest BCUT2D eigenvalue weighted by molar-refractivity contribution is 5.97. The second-order valence-corrected chi connectivity index (χ2v) is 3.84. The van der Waals surface area contributed by atoms with Crippen molar-refractivity contribution in [1.82, 2.24) is 0 Å². The first-order valence-corrected chi connectivity index (χ1v) is 5.31. The van der Waals surface area contributed by atoms with Crippen molar-refractivity contribution >= 4 is 5.78 Å². The van der Waals surface area contributed by atoms with Crippen LogP contribution in [0.2, 0.25) is 0 Å². The Morgan fingerprint density at radius 2 is 1.75 bits per heavy atom. The predicted molar refractivity (Wildman–Crippen MR) is 62.9 cm³/mol. The van der Waals surface area contributed by atoms with E-state index >= 15 is 0 Å². The molecule has 1 rings (SSSR count). The molecule has 0 fully saturated rings. The number of hydrogen-bond donors (Lipinski definition) is 0. The number of ether oxygens (including phenoxy) is 2. The molecule has 3 heteroatoms. The van der Waals surface area contributed by atoms with E-state index in [2.05, 4.69) is 0 Å². The first-order chi connectivity index (χ1) is 7.63. The summed E-state index contributed by atoms with van der Waals surface area (Å²) in [4.78, 5) is 11.7. The first-order valence-electron chi connectivity index (χ1n) is 5.31. The van der Waals surface area contributed by atoms with Crippen molar-refractivity contribution in [3.05, 3.63) is 34.9 Å². The molecule has 1 aromatic carbocycles. The summed E-state index contributed by atoms with van der Waals surface area (Å²) in [6.07, 6.45) is 0. The van der Waals surface area contributed by atoms with Gasteiger partial charge in [0.1, 0.15) is 6.61 Å². The average molecular weight is 222 g/mol. The molecule has 0 aliphatic heterocycles. The largest absolute Gasteiger partial charge is 0.382 e. The van der Waals surface area contributed by atoms with Crippen molar-refractivity contribution in [2.45, 2.75) is 13.8 Å². The topological polar surface area (TPSA) is 35.5 Å². The van der Waals surface area contributed by atoms with E-state index in [4.69, 9.17) is 9.47 Å². The molecule has 16 heavy (non-hydrogen) atoms. The summed E-state index contributed by atoms with van der Waals surface area (Å²) in [7, 11) is 1.61. The van der Waals surface area contributed by atoms with Crippen LogP contribution in [0.15, 0.2) is 18.2 Å². The van der Waals surface area contributed by atoms with Gasteiger partial charge in [0.25, 0.3) is 0 Å². The molecule has 0 bridgehead atoms. The Bertz CT molecular complexity index is 338. The standard InChI is InChI=1S/C13H18O3/c1-10-6-11(2)8-12(7-10)13(14)9-16-5-4-15-3/h6-8H,4-5,9H2,1-3H3. The van der Waals surface area contributed by atoms with Crippen molar-refractivity contribution < 1.29 is 14.3 Å². The van der Waals surface area contributed by atoms with E-state index in [1.807, 2.05) is 32.0 Å². The van der Waals surface area contributed by atoms with Gasteiger partial charge in [-0.1, -0.05) is 17.2 Å². The summed E-state index contributed by atoms with van der Waals surface area (Å²) in [5.74, 6) is 0.0166. The molecule has 0 saturated heterocycles. The Balaban J connectivity index is 2.52. The monoisotopic (exact) mass is 222 g/mol. The number of carbonyl (C=O) groups excluding carboxylic acids is 1. The van der Waals surface area contributed by atoms with Gasteiger partial charge in [0, 0.05) is 12.7 Å². The summed E-state index contributed by atoms with van der Waals surface area (Å²) in [5, 5.41) is 0. The summed E-state index contributed by atoms with van der Waals surface area (Å²) in [6.45, 7) is 5.05. The van der Waals surface area contributed by atoms with Crippen molar-refractivity contribution in [1.29, 1.82) is 0 Å². The number of hydrogen-bond acceptors (Lipinski definition) is 3. The Labute approximate surface area is 96.4 Å². The van der Waals surface area contributed by atoms with Crippen LogP contribution in [0.5, 0.6) is 0 Å². The van der Waals surface area contributed by atoms with E-state index in [-0.39, 0.29) is 12.4 Å². The molecule has 0 unspecified atom stereocenters. The van der Waals surface area contributed by atoms with Crippen molar-refractivity contribution in [2.75, 3.05) is 26.9 Å². The summed E-state index contributed by atoms with van der Waals surface area (Å²) in [5.41, 5.74) is 2.91. The third-order valence-electron chi connectivity index (χ3n) is 2.21. The Morgan fingerprint density at radius 1 is 1.12 bits per heavy atom. The molecule has 0 heterocycles. The summed E-state index contributed by atoms with van der Waals surface area (Å²) in [6, 6.07) is 5.81. The predicted octanol–water partition coefficient (Wildman–Crippen LogP) is 2.15. The van der Waals surface area contributed by atoms with E-state index in [9.17, 15) is 4.79 Å². The van der Waals surface area contributed by atoms with Crippen molar-refractivity contribution in [3.63, 3.8) is 0 Å². The van der Waals surface area contributed by atoms with E-state index in [1.165, 1.54) is 0 Å². The Morgan fingerprint density at radius 3 is 2.31 bits per heavy atom. The van der Waals surface area contributed by atoms with E-state index in [0.717, 1.165) is 16.7 Å². The van der Waals surface area contributed by atoms with Crippen LogP contribution in [-0.2, 0) is 9.47 Å². The molecule has 0 N–H and O–H groups in total. The lowest BCUT2D eigenvalue weighted by Gasteiger charge is -2.05. The fourth-order valence-corrected chi connectivity index (χ4v) is 1.53. The molecule has 3 nitrogen and oxygen atoms in total. The molecule has 0 amide bonds. The van der Waals surface area contributed by atoms with Crippen LogP contribution in [-0.4, -0.2) is 32.7 Å². The maximum atomic E-state index is 11.7. The molecule has 0 radical (unpaired) electrons. The van der Waals surface area contributed by atoms with Crippen LogP contribution in [0.25, 0.3) is 0 Å². The van der Waals surface area contributed by atoms with Crippen LogP contribution >= 0.6 is 0 Å². The SMILES string of the molecule is COCCOCC(=O)c1cc(C)cc(C)c1. The van der Waals surface area contributed by atoms with Crippen molar-refractivity contribution in [2.24, 2.45) is 0 Å². The van der Waals surface area contributed by atoms with Crippen LogP contribution in [0.1, 0.15) is 21.5 Å². The molecule has 0 aliphatic carbocycles. The number of carbonyl (C=O) groups is 1. The second-order valence-electron chi connectivity index (χ2n) is 3.84. The molecule has 1 aromatic rings. The quantitative estimate of drug-likeness (QED) is 0.546. The van der Waals surface area contributed by atoms with Crippen LogP contribution in [0.3, 0.4) is 0 Å². The third kappa shape index (κ3) is 4.13. The highest BCUT2D eigenvalue weighted by atomic mass is 16.5. The van der Waals surface area contributed by atoms with Gasteiger partial charge in [-0.05, 0) is 26.0 Å². The molecular weight excluding hydrogens is 204 g/mol. The number of Topliss-reactive ketones (excluding diaryl/α,β-unsaturated/α-hetero) is 1. The van der Waals surface area contributed by atoms with Gasteiger partial charge in [-0.15, -0.1) is 0 Å². The van der Waals surface area contributed by atoms with Gasteiger partial charge < -0.3 is 9.47 Å². The van der Waals surface area contributed by atoms with E-state index < -0.39 is 0 Å². The number of benzene rings is 1. The lowest BCUT2D eigenvalue weighted by Crippen LogP contribution is -2.12. The maximum absolute atomic E-state index is 11.7. The minimum absolute atomic E-state index is 0.0166. The zero-order valence-electron chi connectivity index (χ0n) is 10.1. The van der Waals surface area contributed by atoms with Crippen LogP contribution in [0.4, 0.5) is 0 Å². The number of rotatable bonds is 6. The highest BCUT2D eigenvalue weighted by Gasteiger charge is 2.06. The molecule has 0 saturated carbocycles. The third-order valence-corrected chi connectivity index (χ3v) is 2.21. The normalized spacial score (nSPS) is 10.4. The smallest absolute Gasteiger partial charge is 0.188 e. The van der Waals surface area contributed by atoms with Crippen LogP contribution < -0.4 is 0 Å². The Hall–Kier alpha value is -1.19. The fraction of sp³-hybridized carbons (Fsp3) is 0.462. The number of aryl methyl sites for hydroxylation is 2. The van der Waals surface area contributed by atoms with Crippen molar-refractivity contribution in [3.8, 4) is 0 Å². The second kappa shape index (κ2) is 6.40. The number of methoxy groups -OCH3 is 1. The van der Waals surface area contributed by atoms with E-state index in [0.29, 0.717) is 13.2 Å². The lowest BCUT2D eigenvalue weighted by atomic mass is 10.0. The van der Waals surface area contributed by atoms with Gasteiger partial charge in [0.15, 0.2) is 5.78 Å². The van der Waals surface area contributed by atoms with Gasteiger partial charge in [-0.25, -0.2) is 0 Å². The summed E-state index contributed by atoms with van der Waals surface area (Å²) >= 11 is 0. The van der Waals surface area contributed by atoms with Gasteiger partial charge in [-0.2, -0.15) is 0 Å². The zero-order chi connectivity index (χ0) is 12.0. The lowest BCUT2D eigenvalue weighted by molar-refractivity contribution is 0.0576. The van der Waals surface area contributed by atoms with E-state index in [1.54, 1.807) is 7.11 Å². The minimum Gasteiger partial charge on any atom is -0.382 e. The fourth-order valence-electron chi connectivity index (χ4n) is 1.53. The van der Waals surface area contributed by atoms with Gasteiger partial charge >= 0.3 is 0 Å². The molecule has 0 atom stereocenters. The van der Waals surface area contributed by atoms with Gasteiger partial charge in [0.2, 0.25) is 0 Å². The van der Waals surface area contributed by atoms with Crippen LogP contribution in [0, 0.1) is 13.8 Å².